The van der Waals surface area contributed by atoms with Gasteiger partial charge in [-0.3, -0.25) is 9.59 Å². The van der Waals surface area contributed by atoms with Gasteiger partial charge in [0.15, 0.2) is 0 Å². The molecule has 3 aliphatic rings. The third kappa shape index (κ3) is 4.04. The molecule has 0 aliphatic heterocycles. The SMILES string of the molecule is CC1(C)[C@H]2C[C@H](C/C=C\CCCC(=O)O)C(NC(=O)c3cccc4ccsc34)[C@@H]1C2. The second kappa shape index (κ2) is 8.54. The van der Waals surface area contributed by atoms with Crippen molar-refractivity contribution >= 4 is 33.3 Å². The lowest BCUT2D eigenvalue weighted by Crippen LogP contribution is -2.63. The van der Waals surface area contributed by atoms with Crippen LogP contribution in [0.4, 0.5) is 0 Å². The summed E-state index contributed by atoms with van der Waals surface area (Å²) in [6.07, 6.45) is 9.32. The molecule has 2 aromatic rings. The lowest BCUT2D eigenvalue weighted by atomic mass is 9.44. The second-order valence-electron chi connectivity index (χ2n) is 9.49. The number of fused-ring (bicyclic) bond motifs is 3. The first-order valence-electron chi connectivity index (χ1n) is 11.0. The number of rotatable bonds is 8. The van der Waals surface area contributed by atoms with Crippen LogP contribution in [0.25, 0.3) is 10.1 Å². The zero-order valence-corrected chi connectivity index (χ0v) is 18.6. The molecule has 0 radical (unpaired) electrons. The Morgan fingerprint density at radius 1 is 1.23 bits per heavy atom. The summed E-state index contributed by atoms with van der Waals surface area (Å²) in [5.74, 6) is 1.02. The predicted molar refractivity (Wildman–Crippen MR) is 122 cm³/mol. The van der Waals surface area contributed by atoms with Crippen molar-refractivity contribution in [2.45, 2.75) is 58.4 Å². The van der Waals surface area contributed by atoms with Crippen LogP contribution in [0.1, 0.15) is 62.7 Å². The summed E-state index contributed by atoms with van der Waals surface area (Å²) in [4.78, 5) is 23.9. The van der Waals surface area contributed by atoms with Crippen molar-refractivity contribution < 1.29 is 14.7 Å². The fourth-order valence-electron chi connectivity index (χ4n) is 5.53. The van der Waals surface area contributed by atoms with Gasteiger partial charge in [-0.2, -0.15) is 0 Å². The smallest absolute Gasteiger partial charge is 0.303 e. The standard InChI is InChI=1S/C25H31NO3S/c1-25(2)18-14-17(8-5-3-4-6-11-21(27)28)22(20(25)15-18)26-24(29)19-10-7-9-16-12-13-30-23(16)19/h3,5,7,9-10,12-13,17-18,20,22H,4,6,8,11,14-15H2,1-2H3,(H,26,29)(H,27,28)/b5-3-/t17-,18-,20-,22?/m0/s1. The number of hydrogen-bond donors (Lipinski definition) is 2. The average Bonchev–Trinajstić information content (AvgIpc) is 3.19. The van der Waals surface area contributed by atoms with Crippen molar-refractivity contribution in [1.29, 1.82) is 0 Å². The highest BCUT2D eigenvalue weighted by Gasteiger charge is 2.57. The van der Waals surface area contributed by atoms with Crippen molar-refractivity contribution in [2.24, 2.45) is 23.2 Å². The molecular weight excluding hydrogens is 394 g/mol. The number of amides is 1. The van der Waals surface area contributed by atoms with E-state index in [1.165, 1.54) is 6.42 Å². The van der Waals surface area contributed by atoms with Crippen LogP contribution < -0.4 is 5.32 Å². The Balaban J connectivity index is 1.45. The molecule has 0 spiro atoms. The van der Waals surface area contributed by atoms with E-state index in [0.717, 1.165) is 40.8 Å². The molecule has 5 rings (SSSR count). The Hall–Kier alpha value is -2.14. The highest BCUT2D eigenvalue weighted by atomic mass is 32.1. The molecule has 3 saturated carbocycles. The molecule has 1 amide bonds. The Kier molecular flexibility index (Phi) is 6.01. The minimum Gasteiger partial charge on any atom is -0.481 e. The van der Waals surface area contributed by atoms with Crippen molar-refractivity contribution in [3.63, 3.8) is 0 Å². The van der Waals surface area contributed by atoms with Crippen molar-refractivity contribution in [3.05, 3.63) is 47.4 Å². The van der Waals surface area contributed by atoms with Crippen LogP contribution in [-0.4, -0.2) is 23.0 Å². The topological polar surface area (TPSA) is 66.4 Å². The zero-order chi connectivity index (χ0) is 21.3. The van der Waals surface area contributed by atoms with Crippen molar-refractivity contribution in [3.8, 4) is 0 Å². The zero-order valence-electron chi connectivity index (χ0n) is 17.8. The summed E-state index contributed by atoms with van der Waals surface area (Å²) in [6.45, 7) is 4.70. The van der Waals surface area contributed by atoms with Crippen molar-refractivity contribution in [1.82, 2.24) is 5.32 Å². The first-order valence-corrected chi connectivity index (χ1v) is 11.9. The van der Waals surface area contributed by atoms with Gasteiger partial charge in [0.1, 0.15) is 0 Å². The molecule has 1 aromatic heterocycles. The quantitative estimate of drug-likeness (QED) is 0.410. The minimum absolute atomic E-state index is 0.0460. The molecular formula is C25H31NO3S. The predicted octanol–water partition coefficient (Wildman–Crippen LogP) is 5.88. The Labute approximate surface area is 182 Å². The van der Waals surface area contributed by atoms with Crippen LogP contribution in [0.3, 0.4) is 0 Å². The number of carboxylic acid groups (broad SMARTS) is 1. The van der Waals surface area contributed by atoms with E-state index in [0.29, 0.717) is 18.3 Å². The Bertz CT molecular complexity index is 960. The summed E-state index contributed by atoms with van der Waals surface area (Å²) >= 11 is 1.63. The molecule has 30 heavy (non-hydrogen) atoms. The molecule has 1 unspecified atom stereocenters. The number of aliphatic carboxylic acids is 1. The number of nitrogens with one attached hydrogen (secondary N) is 1. The summed E-state index contributed by atoms with van der Waals surface area (Å²) in [5, 5.41) is 15.4. The maximum absolute atomic E-state index is 13.2. The molecule has 3 aliphatic carbocycles. The van der Waals surface area contributed by atoms with E-state index in [9.17, 15) is 9.59 Å². The first kappa shape index (κ1) is 21.1. The summed E-state index contributed by atoms with van der Waals surface area (Å²) in [6, 6.07) is 8.21. The monoisotopic (exact) mass is 425 g/mol. The van der Waals surface area contributed by atoms with E-state index in [2.05, 4.69) is 43.4 Å². The van der Waals surface area contributed by atoms with E-state index < -0.39 is 5.97 Å². The first-order chi connectivity index (χ1) is 14.4. The Morgan fingerprint density at radius 3 is 2.83 bits per heavy atom. The van der Waals surface area contributed by atoms with Gasteiger partial charge in [-0.1, -0.05) is 38.1 Å². The largest absolute Gasteiger partial charge is 0.481 e. The van der Waals surface area contributed by atoms with Crippen LogP contribution in [-0.2, 0) is 4.79 Å². The fraction of sp³-hybridized carbons (Fsp3) is 0.520. The van der Waals surface area contributed by atoms with Gasteiger partial charge < -0.3 is 10.4 Å². The molecule has 1 heterocycles. The average molecular weight is 426 g/mol. The fourth-order valence-corrected chi connectivity index (χ4v) is 6.44. The van der Waals surface area contributed by atoms with Crippen LogP contribution in [0.5, 0.6) is 0 Å². The minimum atomic E-state index is -0.735. The number of allylic oxidation sites excluding steroid dienone is 2. The van der Waals surface area contributed by atoms with E-state index in [4.69, 9.17) is 5.11 Å². The Morgan fingerprint density at radius 2 is 2.07 bits per heavy atom. The van der Waals surface area contributed by atoms with Gasteiger partial charge in [0.2, 0.25) is 0 Å². The van der Waals surface area contributed by atoms with Gasteiger partial charge in [-0.15, -0.1) is 11.3 Å². The summed E-state index contributed by atoms with van der Waals surface area (Å²) < 4.78 is 1.06. The lowest BCUT2D eigenvalue weighted by molar-refractivity contribution is -0.137. The maximum atomic E-state index is 13.2. The third-order valence-electron chi connectivity index (χ3n) is 7.46. The number of carbonyl (C=O) groups excluding carboxylic acids is 1. The number of hydrogen-bond acceptors (Lipinski definition) is 3. The van der Waals surface area contributed by atoms with Gasteiger partial charge in [0, 0.05) is 17.2 Å². The molecule has 5 heteroatoms. The summed E-state index contributed by atoms with van der Waals surface area (Å²) in [5.41, 5.74) is 1.07. The highest BCUT2D eigenvalue weighted by Crippen LogP contribution is 2.61. The normalized spacial score (nSPS) is 27.1. The third-order valence-corrected chi connectivity index (χ3v) is 8.43. The molecule has 2 N–H and O–H groups in total. The van der Waals surface area contributed by atoms with Gasteiger partial charge in [0.05, 0.1) is 5.56 Å². The molecule has 0 saturated heterocycles. The number of benzene rings is 1. The van der Waals surface area contributed by atoms with Gasteiger partial charge in [-0.25, -0.2) is 0 Å². The van der Waals surface area contributed by atoms with Gasteiger partial charge in [0.25, 0.3) is 5.91 Å². The van der Waals surface area contributed by atoms with Gasteiger partial charge >= 0.3 is 5.97 Å². The van der Waals surface area contributed by atoms with Crippen LogP contribution in [0, 0.1) is 23.2 Å². The van der Waals surface area contributed by atoms with Crippen molar-refractivity contribution in [2.75, 3.05) is 0 Å². The van der Waals surface area contributed by atoms with Crippen LogP contribution >= 0.6 is 11.3 Å². The van der Waals surface area contributed by atoms with E-state index in [1.807, 2.05) is 17.5 Å². The molecule has 4 nitrogen and oxygen atoms in total. The van der Waals surface area contributed by atoms with Crippen LogP contribution in [0.2, 0.25) is 0 Å². The molecule has 2 bridgehead atoms. The molecule has 4 atom stereocenters. The van der Waals surface area contributed by atoms with E-state index >= 15 is 0 Å². The van der Waals surface area contributed by atoms with Crippen LogP contribution in [0.15, 0.2) is 41.8 Å². The van der Waals surface area contributed by atoms with Gasteiger partial charge in [-0.05, 0) is 78.2 Å². The highest BCUT2D eigenvalue weighted by molar-refractivity contribution is 7.17. The lowest BCUT2D eigenvalue weighted by Gasteiger charge is -2.62. The molecule has 1 aromatic carbocycles. The number of thiophene rings is 1. The number of unbranched alkanes of at least 4 members (excludes halogenated alkanes) is 1. The number of carbonyl (C=O) groups is 2. The summed E-state index contributed by atoms with van der Waals surface area (Å²) in [7, 11) is 0. The van der Waals surface area contributed by atoms with E-state index in [1.54, 1.807) is 11.3 Å². The second-order valence-corrected chi connectivity index (χ2v) is 10.4. The maximum Gasteiger partial charge on any atom is 0.303 e. The molecule has 3 fully saturated rings. The number of carboxylic acids is 1. The molecule has 160 valence electrons. The van der Waals surface area contributed by atoms with E-state index in [-0.39, 0.29) is 23.8 Å².